The Kier molecular flexibility index (Phi) is 9.24. The van der Waals surface area contributed by atoms with Crippen molar-refractivity contribution in [2.24, 2.45) is 5.14 Å². The number of primary sulfonamides is 1. The normalized spacial score (nSPS) is 24.2. The lowest BCUT2D eigenvalue weighted by atomic mass is 9.98. The molecule has 12 nitrogen and oxygen atoms in total. The van der Waals surface area contributed by atoms with Crippen molar-refractivity contribution in [2.75, 3.05) is 18.5 Å². The quantitative estimate of drug-likeness (QED) is 0.205. The molecule has 5 atom stereocenters. The molecule has 0 aliphatic carbocycles. The first-order chi connectivity index (χ1) is 17.1. The van der Waals surface area contributed by atoms with Gasteiger partial charge >= 0.3 is 0 Å². The summed E-state index contributed by atoms with van der Waals surface area (Å²) < 4.78 is 36.1. The second-order valence-corrected chi connectivity index (χ2v) is 9.84. The Balaban J connectivity index is 1.99. The van der Waals surface area contributed by atoms with E-state index in [0.29, 0.717) is 12.3 Å². The molecule has 198 valence electrons. The molecule has 1 heterocycles. The SMILES string of the molecule is CCCCNc1cc(C(=O)NC2O[C@@H](CO)[C@@H](O)[C@@H](O)[C@@H]2O)cc(S(N)(=O)=O)c1Oc1ccccc1. The zero-order chi connectivity index (χ0) is 26.5. The number of ether oxygens (including phenoxy) is 2. The molecule has 3 rings (SSSR count). The highest BCUT2D eigenvalue weighted by Gasteiger charge is 2.44. The van der Waals surface area contributed by atoms with Gasteiger partial charge in [-0.05, 0) is 30.7 Å². The minimum absolute atomic E-state index is 0.0933. The van der Waals surface area contributed by atoms with Gasteiger partial charge in [0.15, 0.2) is 12.0 Å². The lowest BCUT2D eigenvalue weighted by molar-refractivity contribution is -0.233. The predicted octanol–water partition coefficient (Wildman–Crippen LogP) is -0.132. The largest absolute Gasteiger partial charge is 0.454 e. The Labute approximate surface area is 208 Å². The van der Waals surface area contributed by atoms with Gasteiger partial charge in [0.1, 0.15) is 35.1 Å². The lowest BCUT2D eigenvalue weighted by Crippen LogP contribution is -2.63. The van der Waals surface area contributed by atoms with E-state index in [1.807, 2.05) is 6.92 Å². The second-order valence-electron chi connectivity index (χ2n) is 8.31. The molecule has 1 fully saturated rings. The second kappa shape index (κ2) is 12.0. The zero-order valence-electron chi connectivity index (χ0n) is 19.6. The molecule has 2 aromatic rings. The Morgan fingerprint density at radius 3 is 2.42 bits per heavy atom. The number of unbranched alkanes of at least 4 members (excludes halogenated alkanes) is 1. The van der Waals surface area contributed by atoms with Gasteiger partial charge in [0.05, 0.1) is 12.3 Å². The van der Waals surface area contributed by atoms with E-state index >= 15 is 0 Å². The van der Waals surface area contributed by atoms with Gasteiger partial charge in [-0.25, -0.2) is 13.6 Å². The number of amides is 1. The number of para-hydroxylation sites is 1. The summed E-state index contributed by atoms with van der Waals surface area (Å²) in [6.45, 7) is 1.75. The van der Waals surface area contributed by atoms with Crippen molar-refractivity contribution in [2.45, 2.75) is 55.3 Å². The van der Waals surface area contributed by atoms with Crippen LogP contribution in [0, 0.1) is 0 Å². The van der Waals surface area contributed by atoms with Crippen LogP contribution in [0.2, 0.25) is 0 Å². The summed E-state index contributed by atoms with van der Waals surface area (Å²) in [7, 11) is -4.37. The van der Waals surface area contributed by atoms with E-state index < -0.39 is 58.1 Å². The predicted molar refractivity (Wildman–Crippen MR) is 129 cm³/mol. The topological polar surface area (TPSA) is 201 Å². The maximum absolute atomic E-state index is 13.1. The first-order valence-electron chi connectivity index (χ1n) is 11.4. The van der Waals surface area contributed by atoms with Crippen LogP contribution < -0.4 is 20.5 Å². The van der Waals surface area contributed by atoms with Gasteiger partial charge in [-0.15, -0.1) is 0 Å². The van der Waals surface area contributed by atoms with Crippen LogP contribution in [0.5, 0.6) is 11.5 Å². The maximum atomic E-state index is 13.1. The van der Waals surface area contributed by atoms with Crippen LogP contribution in [0.4, 0.5) is 5.69 Å². The molecule has 0 radical (unpaired) electrons. The lowest BCUT2D eigenvalue weighted by Gasteiger charge is -2.40. The van der Waals surface area contributed by atoms with Gasteiger partial charge < -0.3 is 40.5 Å². The average Bonchev–Trinajstić information content (AvgIpc) is 2.85. The Morgan fingerprint density at radius 1 is 1.11 bits per heavy atom. The van der Waals surface area contributed by atoms with E-state index in [1.165, 1.54) is 6.07 Å². The third-order valence-corrected chi connectivity index (χ3v) is 6.51. The number of carbonyl (C=O) groups is 1. The zero-order valence-corrected chi connectivity index (χ0v) is 20.4. The summed E-state index contributed by atoms with van der Waals surface area (Å²) in [5, 5.41) is 50.4. The first kappa shape index (κ1) is 27.8. The van der Waals surface area contributed by atoms with Crippen molar-refractivity contribution >= 4 is 21.6 Å². The minimum Gasteiger partial charge on any atom is -0.454 e. The first-order valence-corrected chi connectivity index (χ1v) is 12.9. The van der Waals surface area contributed by atoms with Crippen molar-refractivity contribution in [3.05, 3.63) is 48.0 Å². The third-order valence-electron chi connectivity index (χ3n) is 5.60. The number of anilines is 1. The van der Waals surface area contributed by atoms with E-state index in [2.05, 4.69) is 10.6 Å². The monoisotopic (exact) mass is 525 g/mol. The number of hydrogen-bond acceptors (Lipinski definition) is 10. The van der Waals surface area contributed by atoms with Gasteiger partial charge in [0.25, 0.3) is 5.91 Å². The fraction of sp³-hybridized carbons (Fsp3) is 0.435. The van der Waals surface area contributed by atoms with E-state index in [1.54, 1.807) is 30.3 Å². The fourth-order valence-electron chi connectivity index (χ4n) is 3.62. The fourth-order valence-corrected chi connectivity index (χ4v) is 4.32. The molecule has 1 unspecified atom stereocenters. The van der Waals surface area contributed by atoms with Crippen LogP contribution in [0.15, 0.2) is 47.4 Å². The summed E-state index contributed by atoms with van der Waals surface area (Å²) in [6.07, 6.45) is -6.15. The molecule has 2 aromatic carbocycles. The highest BCUT2D eigenvalue weighted by molar-refractivity contribution is 7.89. The molecule has 8 N–H and O–H groups in total. The van der Waals surface area contributed by atoms with Gasteiger partial charge in [0, 0.05) is 12.1 Å². The molecule has 0 saturated carbocycles. The number of sulfonamides is 1. The molecule has 0 aromatic heterocycles. The molecular weight excluding hydrogens is 494 g/mol. The van der Waals surface area contributed by atoms with E-state index in [0.717, 1.165) is 18.9 Å². The highest BCUT2D eigenvalue weighted by atomic mass is 32.2. The molecule has 1 aliphatic heterocycles. The molecule has 1 aliphatic rings. The van der Waals surface area contributed by atoms with Gasteiger partial charge in [0.2, 0.25) is 10.0 Å². The molecular formula is C23H31N3O9S. The van der Waals surface area contributed by atoms with Crippen LogP contribution in [-0.2, 0) is 14.8 Å². The Bertz CT molecular complexity index is 1150. The summed E-state index contributed by atoms with van der Waals surface area (Å²) >= 11 is 0. The van der Waals surface area contributed by atoms with Gasteiger partial charge in [-0.1, -0.05) is 31.5 Å². The summed E-state index contributed by atoms with van der Waals surface area (Å²) in [4.78, 5) is 12.6. The van der Waals surface area contributed by atoms with Crippen molar-refractivity contribution in [3.63, 3.8) is 0 Å². The van der Waals surface area contributed by atoms with E-state index in [4.69, 9.17) is 14.6 Å². The molecule has 36 heavy (non-hydrogen) atoms. The molecule has 13 heteroatoms. The number of hydrogen-bond donors (Lipinski definition) is 7. The Hall–Kier alpha value is -2.78. The van der Waals surface area contributed by atoms with Crippen molar-refractivity contribution in [1.29, 1.82) is 0 Å². The van der Waals surface area contributed by atoms with Crippen LogP contribution in [0.25, 0.3) is 0 Å². The minimum atomic E-state index is -4.37. The van der Waals surface area contributed by atoms with Crippen molar-refractivity contribution < 1.29 is 43.1 Å². The van der Waals surface area contributed by atoms with E-state index in [-0.39, 0.29) is 17.0 Å². The van der Waals surface area contributed by atoms with Crippen LogP contribution in [0.3, 0.4) is 0 Å². The smallest absolute Gasteiger partial charge is 0.253 e. The maximum Gasteiger partial charge on any atom is 0.253 e. The number of aliphatic hydroxyl groups excluding tert-OH is 4. The van der Waals surface area contributed by atoms with Crippen LogP contribution in [0.1, 0.15) is 30.1 Å². The number of rotatable bonds is 10. The summed E-state index contributed by atoms with van der Waals surface area (Å²) in [5.74, 6) is -0.613. The summed E-state index contributed by atoms with van der Waals surface area (Å²) in [6, 6.07) is 10.8. The Morgan fingerprint density at radius 2 is 1.81 bits per heavy atom. The van der Waals surface area contributed by atoms with Crippen molar-refractivity contribution in [1.82, 2.24) is 5.32 Å². The van der Waals surface area contributed by atoms with Crippen LogP contribution >= 0.6 is 0 Å². The standard InChI is InChI=1S/C23H31N3O9S/c1-2-3-9-25-15-10-13(22(31)26-23-20(30)19(29)18(28)16(12-27)35-23)11-17(36(24,32)33)21(15)34-14-7-5-4-6-8-14/h4-8,10-11,16,18-20,23,25,27-30H,2-3,9,12H2,1H3,(H,26,31)(H2,24,32,33)/t16-,18+,19+,20-,23?/m0/s1. The summed E-state index contributed by atoms with van der Waals surface area (Å²) in [5.41, 5.74) is 0.0353. The molecule has 0 bridgehead atoms. The molecule has 1 saturated heterocycles. The number of nitrogens with two attached hydrogens (primary N) is 1. The third kappa shape index (κ3) is 6.50. The van der Waals surface area contributed by atoms with Gasteiger partial charge in [-0.3, -0.25) is 4.79 Å². The number of nitrogens with one attached hydrogen (secondary N) is 2. The average molecular weight is 526 g/mol. The van der Waals surface area contributed by atoms with Crippen LogP contribution in [-0.4, -0.2) is 78.5 Å². The number of carbonyl (C=O) groups excluding carboxylic acids is 1. The number of aliphatic hydroxyl groups is 4. The van der Waals surface area contributed by atoms with Crippen molar-refractivity contribution in [3.8, 4) is 11.5 Å². The molecule has 0 spiro atoms. The number of benzene rings is 2. The van der Waals surface area contributed by atoms with E-state index in [9.17, 15) is 33.6 Å². The highest BCUT2D eigenvalue weighted by Crippen LogP contribution is 2.37. The van der Waals surface area contributed by atoms with Gasteiger partial charge in [-0.2, -0.15) is 0 Å². The molecule has 1 amide bonds.